The Morgan fingerprint density at radius 2 is 2.10 bits per heavy atom. The van der Waals surface area contributed by atoms with Crippen LogP contribution in [0.25, 0.3) is 0 Å². The normalized spacial score (nSPS) is 10.3. The van der Waals surface area contributed by atoms with E-state index in [2.05, 4.69) is 0 Å². The van der Waals surface area contributed by atoms with Gasteiger partial charge in [0, 0.05) is 19.6 Å². The highest BCUT2D eigenvalue weighted by molar-refractivity contribution is 5.66. The number of hydrazine groups is 1. The SMILES string of the molecule is NCCN(N)CCC(=O)O. The number of aliphatic carboxylic acids is 1. The zero-order valence-electron chi connectivity index (χ0n) is 5.79. The van der Waals surface area contributed by atoms with Crippen molar-refractivity contribution in [3.8, 4) is 0 Å². The number of carboxylic acid groups (broad SMARTS) is 1. The molecule has 0 aliphatic heterocycles. The quantitative estimate of drug-likeness (QED) is 0.328. The van der Waals surface area contributed by atoms with E-state index in [1.165, 1.54) is 5.01 Å². The van der Waals surface area contributed by atoms with E-state index in [4.69, 9.17) is 16.7 Å². The summed E-state index contributed by atoms with van der Waals surface area (Å²) >= 11 is 0. The highest BCUT2D eigenvalue weighted by Crippen LogP contribution is 1.81. The van der Waals surface area contributed by atoms with Crippen LogP contribution in [0.15, 0.2) is 0 Å². The van der Waals surface area contributed by atoms with E-state index in [1.807, 2.05) is 0 Å². The summed E-state index contributed by atoms with van der Waals surface area (Å²) in [5, 5.41) is 9.61. The van der Waals surface area contributed by atoms with Crippen molar-refractivity contribution in [3.63, 3.8) is 0 Å². The molecule has 0 saturated carbocycles. The van der Waals surface area contributed by atoms with Crippen molar-refractivity contribution < 1.29 is 9.90 Å². The Bertz CT molecular complexity index is 107. The minimum atomic E-state index is -0.840. The summed E-state index contributed by atoms with van der Waals surface area (Å²) in [6, 6.07) is 0. The van der Waals surface area contributed by atoms with E-state index >= 15 is 0 Å². The maximum atomic E-state index is 9.99. The van der Waals surface area contributed by atoms with E-state index in [-0.39, 0.29) is 6.42 Å². The van der Waals surface area contributed by atoms with Gasteiger partial charge in [-0.2, -0.15) is 0 Å². The van der Waals surface area contributed by atoms with Gasteiger partial charge < -0.3 is 10.8 Å². The molecule has 0 bridgehead atoms. The molecule has 0 atom stereocenters. The summed E-state index contributed by atoms with van der Waals surface area (Å²) < 4.78 is 0. The second-order valence-corrected chi connectivity index (χ2v) is 1.97. The molecule has 10 heavy (non-hydrogen) atoms. The minimum absolute atomic E-state index is 0.0660. The molecule has 5 nitrogen and oxygen atoms in total. The summed E-state index contributed by atoms with van der Waals surface area (Å²) in [6.45, 7) is 1.34. The van der Waals surface area contributed by atoms with E-state index < -0.39 is 5.97 Å². The number of nitrogens with zero attached hydrogens (tertiary/aromatic N) is 1. The summed E-state index contributed by atoms with van der Waals surface area (Å²) in [7, 11) is 0. The summed E-state index contributed by atoms with van der Waals surface area (Å²) in [5.41, 5.74) is 5.17. The van der Waals surface area contributed by atoms with Gasteiger partial charge in [0.25, 0.3) is 0 Å². The van der Waals surface area contributed by atoms with Crippen molar-refractivity contribution in [2.45, 2.75) is 6.42 Å². The monoisotopic (exact) mass is 147 g/mol. The lowest BCUT2D eigenvalue weighted by molar-refractivity contribution is -0.137. The van der Waals surface area contributed by atoms with Gasteiger partial charge in [0.2, 0.25) is 0 Å². The molecule has 0 rings (SSSR count). The Kier molecular flexibility index (Phi) is 4.82. The molecule has 0 spiro atoms. The average Bonchev–Trinajstić information content (AvgIpc) is 1.85. The molecular formula is C5H13N3O2. The standard InChI is InChI=1S/C5H13N3O2/c6-2-4-8(7)3-1-5(9)10/h1-4,6-7H2,(H,9,10). The Hall–Kier alpha value is -0.650. The smallest absolute Gasteiger partial charge is 0.304 e. The third-order valence-corrected chi connectivity index (χ3v) is 1.03. The van der Waals surface area contributed by atoms with E-state index in [0.717, 1.165) is 0 Å². The maximum Gasteiger partial charge on any atom is 0.304 e. The fourth-order valence-corrected chi connectivity index (χ4v) is 0.517. The number of nitrogens with two attached hydrogens (primary N) is 2. The van der Waals surface area contributed by atoms with Crippen molar-refractivity contribution in [2.24, 2.45) is 11.6 Å². The summed E-state index contributed by atoms with van der Waals surface area (Å²) in [5.74, 6) is 4.48. The van der Waals surface area contributed by atoms with Crippen molar-refractivity contribution in [3.05, 3.63) is 0 Å². The van der Waals surface area contributed by atoms with Crippen LogP contribution < -0.4 is 11.6 Å². The van der Waals surface area contributed by atoms with Crippen LogP contribution in [0.2, 0.25) is 0 Å². The van der Waals surface area contributed by atoms with Gasteiger partial charge in [-0.25, -0.2) is 5.01 Å². The number of hydrogen-bond donors (Lipinski definition) is 3. The predicted octanol–water partition coefficient (Wildman–Crippen LogP) is -1.40. The molecule has 0 radical (unpaired) electrons. The van der Waals surface area contributed by atoms with Crippen LogP contribution in [0.5, 0.6) is 0 Å². The van der Waals surface area contributed by atoms with Crippen molar-refractivity contribution in [2.75, 3.05) is 19.6 Å². The van der Waals surface area contributed by atoms with Gasteiger partial charge in [-0.1, -0.05) is 0 Å². The zero-order chi connectivity index (χ0) is 7.98. The molecule has 5 heteroatoms. The van der Waals surface area contributed by atoms with E-state index in [1.54, 1.807) is 0 Å². The first kappa shape index (κ1) is 9.35. The largest absolute Gasteiger partial charge is 0.481 e. The van der Waals surface area contributed by atoms with Crippen LogP contribution in [0.1, 0.15) is 6.42 Å². The second-order valence-electron chi connectivity index (χ2n) is 1.97. The first-order valence-corrected chi connectivity index (χ1v) is 3.08. The zero-order valence-corrected chi connectivity index (χ0v) is 5.79. The molecule has 0 aliphatic carbocycles. The van der Waals surface area contributed by atoms with Gasteiger partial charge in [-0.3, -0.25) is 10.6 Å². The van der Waals surface area contributed by atoms with Crippen molar-refractivity contribution in [1.29, 1.82) is 0 Å². The summed E-state index contributed by atoms with van der Waals surface area (Å²) in [4.78, 5) is 9.99. The first-order valence-electron chi connectivity index (χ1n) is 3.08. The molecule has 60 valence electrons. The lowest BCUT2D eigenvalue weighted by Crippen LogP contribution is -2.37. The van der Waals surface area contributed by atoms with Crippen LogP contribution in [0, 0.1) is 0 Å². The molecule has 0 aromatic carbocycles. The van der Waals surface area contributed by atoms with Crippen LogP contribution >= 0.6 is 0 Å². The Labute approximate surface area is 59.6 Å². The summed E-state index contributed by atoms with van der Waals surface area (Å²) in [6.07, 6.45) is 0.0660. The predicted molar refractivity (Wildman–Crippen MR) is 37.1 cm³/mol. The van der Waals surface area contributed by atoms with E-state index in [0.29, 0.717) is 19.6 Å². The molecule has 5 N–H and O–H groups in total. The number of carbonyl (C=O) groups is 1. The van der Waals surface area contributed by atoms with Gasteiger partial charge in [-0.05, 0) is 0 Å². The van der Waals surface area contributed by atoms with Crippen LogP contribution in [0.3, 0.4) is 0 Å². The minimum Gasteiger partial charge on any atom is -0.481 e. The highest BCUT2D eigenvalue weighted by Gasteiger charge is 2.00. The van der Waals surface area contributed by atoms with Gasteiger partial charge in [0.1, 0.15) is 0 Å². The van der Waals surface area contributed by atoms with E-state index in [9.17, 15) is 4.79 Å². The maximum absolute atomic E-state index is 9.99. The second kappa shape index (κ2) is 5.16. The van der Waals surface area contributed by atoms with Crippen molar-refractivity contribution >= 4 is 5.97 Å². The fraction of sp³-hybridized carbons (Fsp3) is 0.800. The first-order chi connectivity index (χ1) is 4.66. The number of hydrogen-bond acceptors (Lipinski definition) is 4. The van der Waals surface area contributed by atoms with Gasteiger partial charge in [0.15, 0.2) is 0 Å². The number of carboxylic acids is 1. The van der Waals surface area contributed by atoms with Gasteiger partial charge in [-0.15, -0.1) is 0 Å². The Morgan fingerprint density at radius 1 is 1.50 bits per heavy atom. The Balaban J connectivity index is 3.21. The van der Waals surface area contributed by atoms with Crippen LogP contribution in [0.4, 0.5) is 0 Å². The molecule has 0 fully saturated rings. The third-order valence-electron chi connectivity index (χ3n) is 1.03. The molecule has 0 heterocycles. The highest BCUT2D eigenvalue weighted by atomic mass is 16.4. The molecule has 0 aromatic rings. The lowest BCUT2D eigenvalue weighted by atomic mass is 10.4. The Morgan fingerprint density at radius 3 is 2.50 bits per heavy atom. The molecule has 0 aliphatic rings. The number of rotatable bonds is 5. The topological polar surface area (TPSA) is 92.6 Å². The molecule has 0 saturated heterocycles. The molecule has 0 unspecified atom stereocenters. The van der Waals surface area contributed by atoms with Gasteiger partial charge in [0.05, 0.1) is 6.42 Å². The van der Waals surface area contributed by atoms with Crippen molar-refractivity contribution in [1.82, 2.24) is 5.01 Å². The molecule has 0 amide bonds. The fourth-order valence-electron chi connectivity index (χ4n) is 0.517. The van der Waals surface area contributed by atoms with Crippen LogP contribution in [-0.4, -0.2) is 35.7 Å². The third kappa shape index (κ3) is 5.49. The average molecular weight is 147 g/mol. The van der Waals surface area contributed by atoms with Crippen LogP contribution in [-0.2, 0) is 4.79 Å². The van der Waals surface area contributed by atoms with Gasteiger partial charge >= 0.3 is 5.97 Å². The lowest BCUT2D eigenvalue weighted by Gasteiger charge is -2.12. The molecular weight excluding hydrogens is 134 g/mol. The molecule has 0 aromatic heterocycles.